The maximum Gasteiger partial charge on any atom is 0.254 e. The summed E-state index contributed by atoms with van der Waals surface area (Å²) < 4.78 is 4.72. The Labute approximate surface area is 158 Å². The Morgan fingerprint density at radius 3 is 2.67 bits per heavy atom. The molecule has 0 bridgehead atoms. The van der Waals surface area contributed by atoms with Crippen LogP contribution in [0, 0.1) is 0 Å². The summed E-state index contributed by atoms with van der Waals surface area (Å²) in [6.45, 7) is 2.61. The molecule has 27 heavy (non-hydrogen) atoms. The molecule has 140 valence electrons. The van der Waals surface area contributed by atoms with E-state index in [1.165, 1.54) is 6.26 Å². The first-order valence-electron chi connectivity index (χ1n) is 9.16. The number of nitrogens with zero attached hydrogens (tertiary/aromatic N) is 2. The third-order valence-electron chi connectivity index (χ3n) is 4.38. The van der Waals surface area contributed by atoms with Crippen molar-refractivity contribution in [2.24, 2.45) is 0 Å². The second kappa shape index (κ2) is 8.98. The third-order valence-corrected chi connectivity index (χ3v) is 4.38. The van der Waals surface area contributed by atoms with E-state index in [9.17, 15) is 9.59 Å². The molecule has 0 aliphatic carbocycles. The molecular formula is C21H23N3O3. The van der Waals surface area contributed by atoms with Gasteiger partial charge in [-0.05, 0) is 23.3 Å². The van der Waals surface area contributed by atoms with E-state index < -0.39 is 0 Å². The number of benzene rings is 2. The lowest BCUT2D eigenvalue weighted by molar-refractivity contribution is -0.116. The number of carbonyl (C=O) groups excluding carboxylic acids is 2. The molecular weight excluding hydrogens is 342 g/mol. The van der Waals surface area contributed by atoms with Crippen LogP contribution in [0.25, 0.3) is 10.8 Å². The zero-order valence-electron chi connectivity index (χ0n) is 15.4. The smallest absolute Gasteiger partial charge is 0.254 e. The number of hydrogen-bond donors (Lipinski definition) is 1. The fraction of sp³-hybridized carbons (Fsp3) is 0.286. The van der Waals surface area contributed by atoms with Crippen molar-refractivity contribution < 1.29 is 14.1 Å². The summed E-state index contributed by atoms with van der Waals surface area (Å²) in [5, 5.41) is 8.22. The van der Waals surface area contributed by atoms with Crippen LogP contribution in [0.3, 0.4) is 0 Å². The van der Waals surface area contributed by atoms with Crippen LogP contribution in [0.15, 0.2) is 59.3 Å². The molecule has 6 nitrogen and oxygen atoms in total. The molecule has 1 heterocycles. The Bertz CT molecular complexity index is 901. The number of aromatic nitrogens is 1. The Morgan fingerprint density at radius 1 is 1.07 bits per heavy atom. The molecule has 0 saturated heterocycles. The van der Waals surface area contributed by atoms with Crippen LogP contribution in [-0.2, 0) is 4.79 Å². The molecule has 0 atom stereocenters. The lowest BCUT2D eigenvalue weighted by Crippen LogP contribution is -2.38. The van der Waals surface area contributed by atoms with Gasteiger partial charge in [0.15, 0.2) is 5.82 Å². The van der Waals surface area contributed by atoms with Gasteiger partial charge in [-0.2, -0.15) is 0 Å². The van der Waals surface area contributed by atoms with Crippen LogP contribution in [0.4, 0.5) is 5.82 Å². The van der Waals surface area contributed by atoms with Crippen LogP contribution in [0.2, 0.25) is 0 Å². The van der Waals surface area contributed by atoms with Gasteiger partial charge in [0, 0.05) is 18.2 Å². The van der Waals surface area contributed by atoms with E-state index in [-0.39, 0.29) is 18.4 Å². The number of fused-ring (bicyclic) bond motifs is 1. The van der Waals surface area contributed by atoms with Crippen molar-refractivity contribution in [3.63, 3.8) is 0 Å². The van der Waals surface area contributed by atoms with Gasteiger partial charge in [0.2, 0.25) is 5.91 Å². The van der Waals surface area contributed by atoms with Gasteiger partial charge >= 0.3 is 0 Å². The van der Waals surface area contributed by atoms with Crippen molar-refractivity contribution >= 4 is 28.4 Å². The Kier molecular flexibility index (Phi) is 6.20. The van der Waals surface area contributed by atoms with Crippen molar-refractivity contribution in [1.29, 1.82) is 0 Å². The normalized spacial score (nSPS) is 10.7. The minimum Gasteiger partial charge on any atom is -0.363 e. The minimum absolute atomic E-state index is 0.0291. The monoisotopic (exact) mass is 365 g/mol. The fourth-order valence-electron chi connectivity index (χ4n) is 3.02. The highest BCUT2D eigenvalue weighted by atomic mass is 16.5. The Balaban J connectivity index is 1.80. The highest BCUT2D eigenvalue weighted by Gasteiger charge is 2.20. The Morgan fingerprint density at radius 2 is 1.89 bits per heavy atom. The number of amides is 2. The number of unbranched alkanes of at least 4 members (excludes halogenated alkanes) is 2. The standard InChI is InChI=1S/C21H23N3O3/c1-2-3-6-13-24(15-20(25)22-19-12-14-27-23-19)21(26)18-11-7-9-16-8-4-5-10-17(16)18/h4-5,7-12,14H,2-3,6,13,15H2,1H3,(H,22,23,25). The van der Waals surface area contributed by atoms with Crippen LogP contribution in [0.1, 0.15) is 36.5 Å². The second-order valence-corrected chi connectivity index (χ2v) is 6.39. The van der Waals surface area contributed by atoms with Crippen LogP contribution in [0.5, 0.6) is 0 Å². The maximum atomic E-state index is 13.2. The maximum absolute atomic E-state index is 13.2. The summed E-state index contributed by atoms with van der Waals surface area (Å²) in [6.07, 6.45) is 4.28. The molecule has 0 aliphatic rings. The van der Waals surface area contributed by atoms with Gasteiger partial charge in [-0.15, -0.1) is 0 Å². The van der Waals surface area contributed by atoms with Gasteiger partial charge < -0.3 is 14.7 Å². The molecule has 3 aromatic rings. The highest BCUT2D eigenvalue weighted by Crippen LogP contribution is 2.20. The zero-order chi connectivity index (χ0) is 19.1. The highest BCUT2D eigenvalue weighted by molar-refractivity contribution is 6.08. The number of carbonyl (C=O) groups is 2. The molecule has 0 saturated carbocycles. The second-order valence-electron chi connectivity index (χ2n) is 6.39. The van der Waals surface area contributed by atoms with Gasteiger partial charge in [0.25, 0.3) is 5.91 Å². The fourth-order valence-corrected chi connectivity index (χ4v) is 3.02. The summed E-state index contributed by atoms with van der Waals surface area (Å²) >= 11 is 0. The first-order valence-corrected chi connectivity index (χ1v) is 9.16. The molecule has 0 fully saturated rings. The SMILES string of the molecule is CCCCCN(CC(=O)Nc1ccon1)C(=O)c1cccc2ccccc12. The Hall–Kier alpha value is -3.15. The molecule has 1 aromatic heterocycles. The van der Waals surface area contributed by atoms with Crippen LogP contribution in [-0.4, -0.2) is 35.0 Å². The van der Waals surface area contributed by atoms with Crippen molar-refractivity contribution in [1.82, 2.24) is 10.1 Å². The third kappa shape index (κ3) is 4.73. The minimum atomic E-state index is -0.297. The number of hydrogen-bond acceptors (Lipinski definition) is 4. The number of nitrogens with one attached hydrogen (secondary N) is 1. The van der Waals surface area contributed by atoms with E-state index in [2.05, 4.69) is 17.4 Å². The molecule has 0 spiro atoms. The van der Waals surface area contributed by atoms with Gasteiger partial charge in [-0.25, -0.2) is 0 Å². The zero-order valence-corrected chi connectivity index (χ0v) is 15.4. The van der Waals surface area contributed by atoms with Gasteiger partial charge in [-0.1, -0.05) is 61.3 Å². The first kappa shape index (κ1) is 18.6. The molecule has 0 unspecified atom stereocenters. The van der Waals surface area contributed by atoms with Crippen molar-refractivity contribution in [2.75, 3.05) is 18.4 Å². The van der Waals surface area contributed by atoms with Crippen molar-refractivity contribution in [3.8, 4) is 0 Å². The van der Waals surface area contributed by atoms with Gasteiger partial charge in [-0.3, -0.25) is 9.59 Å². The van der Waals surface area contributed by atoms with Crippen molar-refractivity contribution in [2.45, 2.75) is 26.2 Å². The summed E-state index contributed by atoms with van der Waals surface area (Å²) in [4.78, 5) is 27.2. The van der Waals surface area contributed by atoms with Gasteiger partial charge in [0.05, 0.1) is 0 Å². The number of anilines is 1. The van der Waals surface area contributed by atoms with E-state index in [0.717, 1.165) is 30.0 Å². The predicted octanol–water partition coefficient (Wildman–Crippen LogP) is 4.10. The summed E-state index contributed by atoms with van der Waals surface area (Å²) in [5.41, 5.74) is 0.610. The number of rotatable bonds is 8. The molecule has 1 N–H and O–H groups in total. The van der Waals surface area contributed by atoms with Crippen molar-refractivity contribution in [3.05, 3.63) is 60.4 Å². The molecule has 3 rings (SSSR count). The van der Waals surface area contributed by atoms with Gasteiger partial charge in [0.1, 0.15) is 12.8 Å². The summed E-state index contributed by atoms with van der Waals surface area (Å²) in [6, 6.07) is 15.0. The lowest BCUT2D eigenvalue weighted by Gasteiger charge is -2.23. The van der Waals surface area contributed by atoms with E-state index in [1.807, 2.05) is 42.5 Å². The van der Waals surface area contributed by atoms with E-state index in [4.69, 9.17) is 4.52 Å². The predicted molar refractivity (Wildman–Crippen MR) is 105 cm³/mol. The molecule has 2 aromatic carbocycles. The average molecular weight is 365 g/mol. The first-order chi connectivity index (χ1) is 13.2. The average Bonchev–Trinajstić information content (AvgIpc) is 3.19. The molecule has 6 heteroatoms. The van der Waals surface area contributed by atoms with Crippen LogP contribution < -0.4 is 5.32 Å². The van der Waals surface area contributed by atoms with E-state index >= 15 is 0 Å². The van der Waals surface area contributed by atoms with E-state index in [1.54, 1.807) is 11.0 Å². The quantitative estimate of drug-likeness (QED) is 0.610. The molecule has 0 aliphatic heterocycles. The topological polar surface area (TPSA) is 75.4 Å². The van der Waals surface area contributed by atoms with E-state index in [0.29, 0.717) is 17.9 Å². The summed E-state index contributed by atoms with van der Waals surface area (Å²) in [7, 11) is 0. The van der Waals surface area contributed by atoms with Crippen LogP contribution >= 0.6 is 0 Å². The largest absolute Gasteiger partial charge is 0.363 e. The molecule has 2 amide bonds. The lowest BCUT2D eigenvalue weighted by atomic mass is 10.0. The molecule has 0 radical (unpaired) electrons. The summed E-state index contributed by atoms with van der Waals surface area (Å²) in [5.74, 6) is -0.0988.